The Bertz CT molecular complexity index is 517. The van der Waals surface area contributed by atoms with Crippen molar-refractivity contribution >= 4 is 5.96 Å². The van der Waals surface area contributed by atoms with Crippen molar-refractivity contribution in [2.24, 2.45) is 4.99 Å². The van der Waals surface area contributed by atoms with E-state index in [2.05, 4.69) is 22.1 Å². The lowest BCUT2D eigenvalue weighted by Gasteiger charge is -2.37. The number of guanidine groups is 1. The van der Waals surface area contributed by atoms with E-state index in [1.54, 1.807) is 0 Å². The van der Waals surface area contributed by atoms with E-state index < -0.39 is 0 Å². The molecule has 1 aromatic rings. The zero-order valence-corrected chi connectivity index (χ0v) is 14.5. The molecule has 2 aliphatic rings. The van der Waals surface area contributed by atoms with E-state index in [0.29, 0.717) is 0 Å². The molecule has 1 aromatic heterocycles. The number of ether oxygens (including phenoxy) is 2. The number of aromatic nitrogens is 1. The van der Waals surface area contributed by atoms with E-state index in [-0.39, 0.29) is 12.2 Å². The predicted octanol–water partition coefficient (Wildman–Crippen LogP) is 1.47. The summed E-state index contributed by atoms with van der Waals surface area (Å²) in [5, 5.41) is 3.41. The molecule has 0 aromatic carbocycles. The minimum Gasteiger partial charge on any atom is -0.375 e. The molecule has 2 fully saturated rings. The van der Waals surface area contributed by atoms with Crippen LogP contribution in [0.2, 0.25) is 0 Å². The summed E-state index contributed by atoms with van der Waals surface area (Å²) < 4.78 is 11.7. The van der Waals surface area contributed by atoms with Gasteiger partial charge in [-0.05, 0) is 31.9 Å². The van der Waals surface area contributed by atoms with Gasteiger partial charge in [0, 0.05) is 51.1 Å². The van der Waals surface area contributed by atoms with Crippen molar-refractivity contribution in [1.29, 1.82) is 0 Å². The molecule has 3 rings (SSSR count). The molecule has 6 nitrogen and oxygen atoms in total. The smallest absolute Gasteiger partial charge is 0.194 e. The average Bonchev–Trinajstić information content (AvgIpc) is 3.17. The topological polar surface area (TPSA) is 59.0 Å². The third kappa shape index (κ3) is 4.68. The number of nitrogens with one attached hydrogen (secondary N) is 1. The summed E-state index contributed by atoms with van der Waals surface area (Å²) in [4.78, 5) is 11.5. The van der Waals surface area contributed by atoms with Crippen molar-refractivity contribution < 1.29 is 9.47 Å². The maximum absolute atomic E-state index is 5.93. The van der Waals surface area contributed by atoms with Crippen molar-refractivity contribution in [3.63, 3.8) is 0 Å². The summed E-state index contributed by atoms with van der Waals surface area (Å²) in [7, 11) is 0. The molecule has 24 heavy (non-hydrogen) atoms. The molecule has 2 unspecified atom stereocenters. The first kappa shape index (κ1) is 17.2. The third-order valence-corrected chi connectivity index (χ3v) is 4.46. The first-order valence-corrected chi connectivity index (χ1v) is 9.03. The normalized spacial score (nSPS) is 25.0. The van der Waals surface area contributed by atoms with Crippen molar-refractivity contribution in [1.82, 2.24) is 15.2 Å². The third-order valence-electron chi connectivity index (χ3n) is 4.46. The van der Waals surface area contributed by atoms with Crippen LogP contribution in [0.5, 0.6) is 0 Å². The fraction of sp³-hybridized carbons (Fsp3) is 0.667. The molecule has 0 aliphatic carbocycles. The molecule has 6 heteroatoms. The molecule has 2 atom stereocenters. The molecule has 0 saturated carbocycles. The van der Waals surface area contributed by atoms with Gasteiger partial charge in [0.2, 0.25) is 0 Å². The van der Waals surface area contributed by atoms with Gasteiger partial charge in [0.25, 0.3) is 0 Å². The number of rotatable bonds is 5. The van der Waals surface area contributed by atoms with Gasteiger partial charge in [0.15, 0.2) is 5.96 Å². The number of pyridine rings is 1. The zero-order chi connectivity index (χ0) is 16.6. The van der Waals surface area contributed by atoms with Crippen molar-refractivity contribution in [3.05, 3.63) is 30.1 Å². The summed E-state index contributed by atoms with van der Waals surface area (Å²) >= 11 is 0. The van der Waals surface area contributed by atoms with Crippen LogP contribution in [0.25, 0.3) is 0 Å². The van der Waals surface area contributed by atoms with Crippen molar-refractivity contribution in [2.75, 3.05) is 39.4 Å². The van der Waals surface area contributed by atoms with Crippen LogP contribution in [0.4, 0.5) is 0 Å². The second kappa shape index (κ2) is 8.99. The van der Waals surface area contributed by atoms with E-state index in [9.17, 15) is 0 Å². The van der Waals surface area contributed by atoms with Crippen LogP contribution in [-0.4, -0.2) is 67.4 Å². The summed E-state index contributed by atoms with van der Waals surface area (Å²) in [5.74, 6) is 0.972. The van der Waals surface area contributed by atoms with E-state index in [0.717, 1.165) is 70.3 Å². The maximum atomic E-state index is 5.93. The Balaban J connectivity index is 1.57. The van der Waals surface area contributed by atoms with Crippen LogP contribution in [0.1, 0.15) is 25.5 Å². The van der Waals surface area contributed by atoms with Gasteiger partial charge in [-0.15, -0.1) is 0 Å². The van der Waals surface area contributed by atoms with Crippen LogP contribution < -0.4 is 5.32 Å². The fourth-order valence-corrected chi connectivity index (χ4v) is 3.24. The lowest BCUT2D eigenvalue weighted by molar-refractivity contribution is -0.0817. The number of hydrogen-bond donors (Lipinski definition) is 1. The second-order valence-electron chi connectivity index (χ2n) is 6.21. The summed E-state index contributed by atoms with van der Waals surface area (Å²) in [5.41, 5.74) is 1.08. The predicted molar refractivity (Wildman–Crippen MR) is 94.2 cm³/mol. The highest BCUT2D eigenvalue weighted by molar-refractivity contribution is 5.80. The molecule has 0 bridgehead atoms. The molecular formula is C18H28N4O2. The van der Waals surface area contributed by atoms with Crippen LogP contribution in [-0.2, 0) is 15.9 Å². The van der Waals surface area contributed by atoms with Crippen LogP contribution in [0.15, 0.2) is 29.4 Å². The van der Waals surface area contributed by atoms with E-state index in [1.165, 1.54) is 0 Å². The van der Waals surface area contributed by atoms with Gasteiger partial charge in [-0.3, -0.25) is 9.98 Å². The van der Waals surface area contributed by atoms with Gasteiger partial charge in [-0.1, -0.05) is 6.07 Å². The lowest BCUT2D eigenvalue weighted by Crippen LogP contribution is -2.53. The Morgan fingerprint density at radius 1 is 1.33 bits per heavy atom. The summed E-state index contributed by atoms with van der Waals surface area (Å²) in [6, 6.07) is 6.01. The van der Waals surface area contributed by atoms with Crippen LogP contribution in [0.3, 0.4) is 0 Å². The first-order valence-electron chi connectivity index (χ1n) is 9.03. The summed E-state index contributed by atoms with van der Waals surface area (Å²) in [6.45, 7) is 7.02. The van der Waals surface area contributed by atoms with E-state index in [1.807, 2.05) is 24.4 Å². The van der Waals surface area contributed by atoms with Gasteiger partial charge in [-0.2, -0.15) is 0 Å². The molecule has 0 radical (unpaired) electrons. The van der Waals surface area contributed by atoms with Crippen LogP contribution >= 0.6 is 0 Å². The van der Waals surface area contributed by atoms with Crippen LogP contribution in [0, 0.1) is 0 Å². The Kier molecular flexibility index (Phi) is 6.43. The molecule has 0 spiro atoms. The minimum atomic E-state index is 0.154. The van der Waals surface area contributed by atoms with Gasteiger partial charge in [-0.25, -0.2) is 0 Å². The molecule has 2 aliphatic heterocycles. The van der Waals surface area contributed by atoms with Crippen molar-refractivity contribution in [2.45, 2.75) is 38.4 Å². The molecule has 1 N–H and O–H groups in total. The van der Waals surface area contributed by atoms with Gasteiger partial charge < -0.3 is 19.7 Å². The Labute approximate surface area is 144 Å². The highest BCUT2D eigenvalue weighted by Gasteiger charge is 2.32. The zero-order valence-electron chi connectivity index (χ0n) is 14.5. The monoisotopic (exact) mass is 332 g/mol. The maximum Gasteiger partial charge on any atom is 0.194 e. The Hall–Kier alpha value is -1.66. The fourth-order valence-electron chi connectivity index (χ4n) is 3.24. The SMILES string of the molecule is CCNC(=NCCc1ccccn1)N1CCOC(C2CCCO2)C1. The molecule has 0 amide bonds. The number of aliphatic imine (C=N–C) groups is 1. The van der Waals surface area contributed by atoms with Gasteiger partial charge in [0.05, 0.1) is 12.7 Å². The first-order chi connectivity index (χ1) is 11.9. The van der Waals surface area contributed by atoms with E-state index in [4.69, 9.17) is 14.5 Å². The van der Waals surface area contributed by atoms with E-state index >= 15 is 0 Å². The highest BCUT2D eigenvalue weighted by atomic mass is 16.5. The molecule has 2 saturated heterocycles. The molecular weight excluding hydrogens is 304 g/mol. The molecule has 132 valence electrons. The Morgan fingerprint density at radius 2 is 2.25 bits per heavy atom. The largest absolute Gasteiger partial charge is 0.375 e. The quantitative estimate of drug-likeness (QED) is 0.654. The van der Waals surface area contributed by atoms with Gasteiger partial charge in [0.1, 0.15) is 6.10 Å². The molecule has 3 heterocycles. The second-order valence-corrected chi connectivity index (χ2v) is 6.21. The Morgan fingerprint density at radius 3 is 3.00 bits per heavy atom. The van der Waals surface area contributed by atoms with Crippen molar-refractivity contribution in [3.8, 4) is 0 Å². The number of nitrogens with zero attached hydrogens (tertiary/aromatic N) is 3. The lowest BCUT2D eigenvalue weighted by atomic mass is 10.1. The number of morpholine rings is 1. The number of hydrogen-bond acceptors (Lipinski definition) is 4. The summed E-state index contributed by atoms with van der Waals surface area (Å²) in [6.07, 6.45) is 5.33. The standard InChI is InChI=1S/C18H28N4O2/c1-2-19-18(21-10-8-15-6-3-4-9-20-15)22-11-13-24-17(14-22)16-7-5-12-23-16/h3-4,6,9,16-17H,2,5,7-8,10-14H2,1H3,(H,19,21). The minimum absolute atomic E-state index is 0.154. The van der Waals surface area contributed by atoms with Gasteiger partial charge >= 0.3 is 0 Å². The average molecular weight is 332 g/mol. The highest BCUT2D eigenvalue weighted by Crippen LogP contribution is 2.21.